The molecule has 0 spiro atoms. The number of hydrogen-bond acceptors (Lipinski definition) is 3. The molecule has 0 unspecified atom stereocenters. The monoisotopic (exact) mass is 265 g/mol. The fourth-order valence-corrected chi connectivity index (χ4v) is 1.73. The van der Waals surface area contributed by atoms with Gasteiger partial charge in [-0.3, -0.25) is 4.79 Å². The van der Waals surface area contributed by atoms with Crippen LogP contribution in [0.5, 0.6) is 0 Å². The molecule has 0 heterocycles. The Morgan fingerprint density at radius 2 is 2.05 bits per heavy atom. The number of carbonyl (C=O) groups excluding carboxylic acids is 1. The minimum atomic E-state index is -0.962. The van der Waals surface area contributed by atoms with Gasteiger partial charge in [-0.1, -0.05) is 18.2 Å². The number of benzene rings is 1. The third-order valence-corrected chi connectivity index (χ3v) is 2.72. The fourth-order valence-electron chi connectivity index (χ4n) is 1.73. The number of hydrogen-bond donors (Lipinski definition) is 2. The lowest BCUT2D eigenvalue weighted by atomic mass is 10.0. The molecule has 104 valence electrons. The summed E-state index contributed by atoms with van der Waals surface area (Å²) in [4.78, 5) is 22.6. The van der Waals surface area contributed by atoms with Gasteiger partial charge in [-0.25, -0.2) is 4.79 Å². The van der Waals surface area contributed by atoms with E-state index in [0.717, 1.165) is 6.42 Å². The highest BCUT2D eigenvalue weighted by molar-refractivity contribution is 5.89. The molecular weight excluding hydrogens is 246 g/mol. The van der Waals surface area contributed by atoms with E-state index in [1.807, 2.05) is 0 Å². The minimum absolute atomic E-state index is 0.0729. The van der Waals surface area contributed by atoms with Crippen LogP contribution in [-0.4, -0.2) is 37.2 Å². The Labute approximate surface area is 112 Å². The topological polar surface area (TPSA) is 75.6 Å². The number of nitrogens with one attached hydrogen (secondary N) is 1. The van der Waals surface area contributed by atoms with Gasteiger partial charge in [-0.05, 0) is 24.5 Å². The van der Waals surface area contributed by atoms with E-state index in [0.29, 0.717) is 25.1 Å². The Bertz CT molecular complexity index is 431. The molecule has 1 amide bonds. The van der Waals surface area contributed by atoms with Gasteiger partial charge in [0.15, 0.2) is 0 Å². The van der Waals surface area contributed by atoms with Crippen molar-refractivity contribution in [3.8, 4) is 0 Å². The molecule has 1 aromatic rings. The van der Waals surface area contributed by atoms with E-state index < -0.39 is 5.97 Å². The minimum Gasteiger partial charge on any atom is -0.478 e. The molecule has 19 heavy (non-hydrogen) atoms. The number of ether oxygens (including phenoxy) is 1. The first-order valence-electron chi connectivity index (χ1n) is 6.22. The van der Waals surface area contributed by atoms with Gasteiger partial charge >= 0.3 is 5.97 Å². The van der Waals surface area contributed by atoms with Crippen molar-refractivity contribution in [2.75, 3.05) is 20.3 Å². The first kappa shape index (κ1) is 15.2. The van der Waals surface area contributed by atoms with Crippen molar-refractivity contribution in [2.24, 2.45) is 0 Å². The predicted molar refractivity (Wildman–Crippen MR) is 71.2 cm³/mol. The Balaban J connectivity index is 2.40. The van der Waals surface area contributed by atoms with Crippen molar-refractivity contribution in [3.63, 3.8) is 0 Å². The summed E-state index contributed by atoms with van der Waals surface area (Å²) in [6.45, 7) is 1.19. The maximum Gasteiger partial charge on any atom is 0.335 e. The van der Waals surface area contributed by atoms with Crippen LogP contribution in [0.15, 0.2) is 24.3 Å². The van der Waals surface area contributed by atoms with Crippen molar-refractivity contribution in [3.05, 3.63) is 35.4 Å². The second kappa shape index (κ2) is 8.26. The summed E-state index contributed by atoms with van der Waals surface area (Å²) >= 11 is 0. The fraction of sp³-hybridized carbons (Fsp3) is 0.429. The third-order valence-electron chi connectivity index (χ3n) is 2.72. The summed E-state index contributed by atoms with van der Waals surface area (Å²) in [5, 5.41) is 11.8. The quantitative estimate of drug-likeness (QED) is 0.698. The highest BCUT2D eigenvalue weighted by Crippen LogP contribution is 2.11. The Morgan fingerprint density at radius 3 is 2.74 bits per heavy atom. The lowest BCUT2D eigenvalue weighted by Gasteiger charge is -2.07. The lowest BCUT2D eigenvalue weighted by molar-refractivity contribution is -0.121. The Hall–Kier alpha value is -1.88. The van der Waals surface area contributed by atoms with Crippen molar-refractivity contribution >= 4 is 11.9 Å². The molecule has 0 aromatic heterocycles. The first-order chi connectivity index (χ1) is 9.15. The average molecular weight is 265 g/mol. The number of carboxylic acids is 1. The number of rotatable bonds is 8. The molecule has 0 aliphatic heterocycles. The summed E-state index contributed by atoms with van der Waals surface area (Å²) in [6.07, 6.45) is 1.49. The molecule has 0 aliphatic rings. The third kappa shape index (κ3) is 5.52. The van der Waals surface area contributed by atoms with E-state index >= 15 is 0 Å². The number of aryl methyl sites for hydroxylation is 1. The van der Waals surface area contributed by atoms with Crippen LogP contribution in [0.3, 0.4) is 0 Å². The molecule has 1 rings (SSSR count). The standard InChI is InChI=1S/C14H19NO4/c1-19-10-4-9-15-13(16)8-7-11-5-2-3-6-12(11)14(17)18/h2-3,5-6H,4,7-10H2,1H3,(H,15,16)(H,17,18). The van der Waals surface area contributed by atoms with Gasteiger partial charge in [-0.2, -0.15) is 0 Å². The van der Waals surface area contributed by atoms with E-state index in [-0.39, 0.29) is 17.9 Å². The normalized spacial score (nSPS) is 10.2. The van der Waals surface area contributed by atoms with Crippen LogP contribution in [0.1, 0.15) is 28.8 Å². The number of carboxylic acid groups (broad SMARTS) is 1. The summed E-state index contributed by atoms with van der Waals surface area (Å²) in [5.74, 6) is -1.03. The zero-order chi connectivity index (χ0) is 14.1. The van der Waals surface area contributed by atoms with E-state index in [1.165, 1.54) is 0 Å². The van der Waals surface area contributed by atoms with Crippen molar-refractivity contribution in [2.45, 2.75) is 19.3 Å². The zero-order valence-corrected chi connectivity index (χ0v) is 11.0. The van der Waals surface area contributed by atoms with E-state index in [1.54, 1.807) is 31.4 Å². The molecule has 1 aromatic carbocycles. The van der Waals surface area contributed by atoms with Crippen LogP contribution < -0.4 is 5.32 Å². The SMILES string of the molecule is COCCCNC(=O)CCc1ccccc1C(=O)O. The van der Waals surface area contributed by atoms with Crippen LogP contribution in [0.25, 0.3) is 0 Å². The maximum absolute atomic E-state index is 11.6. The highest BCUT2D eigenvalue weighted by Gasteiger charge is 2.10. The molecule has 5 heteroatoms. The molecule has 5 nitrogen and oxygen atoms in total. The van der Waals surface area contributed by atoms with E-state index in [9.17, 15) is 9.59 Å². The molecule has 0 aliphatic carbocycles. The number of amides is 1. The molecule has 0 radical (unpaired) electrons. The summed E-state index contributed by atoms with van der Waals surface area (Å²) in [5.41, 5.74) is 0.941. The predicted octanol–water partition coefficient (Wildman–Crippen LogP) is 1.47. The van der Waals surface area contributed by atoms with Gasteiger partial charge in [0.25, 0.3) is 0 Å². The average Bonchev–Trinajstić information content (AvgIpc) is 2.41. The molecule has 0 atom stereocenters. The first-order valence-corrected chi connectivity index (χ1v) is 6.22. The summed E-state index contributed by atoms with van der Waals surface area (Å²) < 4.78 is 4.88. The van der Waals surface area contributed by atoms with Crippen molar-refractivity contribution < 1.29 is 19.4 Å². The van der Waals surface area contributed by atoms with Gasteiger partial charge in [0.2, 0.25) is 5.91 Å². The van der Waals surface area contributed by atoms with E-state index in [2.05, 4.69) is 5.32 Å². The van der Waals surface area contributed by atoms with Crippen LogP contribution in [0.4, 0.5) is 0 Å². The van der Waals surface area contributed by atoms with E-state index in [4.69, 9.17) is 9.84 Å². The van der Waals surface area contributed by atoms with Gasteiger partial charge < -0.3 is 15.2 Å². The largest absolute Gasteiger partial charge is 0.478 e. The zero-order valence-electron chi connectivity index (χ0n) is 11.0. The van der Waals surface area contributed by atoms with Crippen molar-refractivity contribution in [1.29, 1.82) is 0 Å². The molecule has 0 saturated heterocycles. The molecule has 0 bridgehead atoms. The summed E-state index contributed by atoms with van der Waals surface area (Å²) in [7, 11) is 1.62. The smallest absolute Gasteiger partial charge is 0.335 e. The summed E-state index contributed by atoms with van der Waals surface area (Å²) in [6, 6.07) is 6.74. The van der Waals surface area contributed by atoms with Gasteiger partial charge in [0.05, 0.1) is 5.56 Å². The Kier molecular flexibility index (Phi) is 6.60. The van der Waals surface area contributed by atoms with Crippen LogP contribution in [0, 0.1) is 0 Å². The second-order valence-corrected chi connectivity index (χ2v) is 4.16. The molecule has 0 fully saturated rings. The lowest BCUT2D eigenvalue weighted by Crippen LogP contribution is -2.25. The molecule has 2 N–H and O–H groups in total. The van der Waals surface area contributed by atoms with Gasteiger partial charge in [-0.15, -0.1) is 0 Å². The van der Waals surface area contributed by atoms with Crippen LogP contribution >= 0.6 is 0 Å². The van der Waals surface area contributed by atoms with Gasteiger partial charge in [0, 0.05) is 26.7 Å². The van der Waals surface area contributed by atoms with Crippen LogP contribution in [0.2, 0.25) is 0 Å². The number of aromatic carboxylic acids is 1. The Morgan fingerprint density at radius 1 is 1.32 bits per heavy atom. The maximum atomic E-state index is 11.6. The molecule has 0 saturated carbocycles. The second-order valence-electron chi connectivity index (χ2n) is 4.16. The van der Waals surface area contributed by atoms with Crippen LogP contribution in [-0.2, 0) is 16.0 Å². The molecular formula is C14H19NO4. The van der Waals surface area contributed by atoms with Crippen molar-refractivity contribution in [1.82, 2.24) is 5.32 Å². The number of methoxy groups -OCH3 is 1. The highest BCUT2D eigenvalue weighted by atomic mass is 16.5. The number of carbonyl (C=O) groups is 2. The van der Waals surface area contributed by atoms with Gasteiger partial charge in [0.1, 0.15) is 0 Å².